The van der Waals surface area contributed by atoms with Crippen LogP contribution < -0.4 is 5.26 Å². The van der Waals surface area contributed by atoms with Gasteiger partial charge in [0.2, 0.25) is 0 Å². The van der Waals surface area contributed by atoms with Crippen LogP contribution in [0.1, 0.15) is 46.0 Å². The van der Waals surface area contributed by atoms with E-state index in [-0.39, 0.29) is 17.3 Å². The van der Waals surface area contributed by atoms with Gasteiger partial charge in [-0.25, -0.2) is 0 Å². The fourth-order valence-electron chi connectivity index (χ4n) is 4.61. The van der Waals surface area contributed by atoms with Crippen LogP contribution >= 0.6 is 12.0 Å². The summed E-state index contributed by atoms with van der Waals surface area (Å²) in [5, 5.41) is 13.2. The van der Waals surface area contributed by atoms with Crippen LogP contribution in [0.15, 0.2) is 0 Å². The van der Waals surface area contributed by atoms with Crippen molar-refractivity contribution in [1.82, 2.24) is 0 Å². The Labute approximate surface area is 133 Å². The molecule has 2 unspecified atom stereocenters. The molecule has 124 valence electrons. The molecule has 4 aliphatic rings. The van der Waals surface area contributed by atoms with Crippen LogP contribution in [0, 0.1) is 23.2 Å². The molecule has 4 fully saturated rings. The molecule has 2 atom stereocenters. The Balaban J connectivity index is 1.60. The van der Waals surface area contributed by atoms with Crippen molar-refractivity contribution in [1.29, 1.82) is 0 Å². The second-order valence-corrected chi connectivity index (χ2v) is 8.88. The van der Waals surface area contributed by atoms with E-state index >= 15 is 0 Å². The van der Waals surface area contributed by atoms with Crippen LogP contribution in [-0.4, -0.2) is 23.1 Å². The van der Waals surface area contributed by atoms with E-state index in [4.69, 9.17) is 4.74 Å². The lowest BCUT2D eigenvalue weighted by Crippen LogP contribution is -2.53. The van der Waals surface area contributed by atoms with Gasteiger partial charge in [-0.15, -0.1) is 0 Å². The molecule has 0 aliphatic heterocycles. The van der Waals surface area contributed by atoms with E-state index in [0.717, 1.165) is 32.1 Å². The van der Waals surface area contributed by atoms with E-state index in [1.54, 1.807) is 13.8 Å². The Morgan fingerprint density at radius 1 is 1.32 bits per heavy atom. The van der Waals surface area contributed by atoms with Gasteiger partial charge in [0.1, 0.15) is 10.5 Å². The molecule has 4 bridgehead atoms. The Morgan fingerprint density at radius 2 is 1.95 bits per heavy atom. The van der Waals surface area contributed by atoms with Crippen molar-refractivity contribution in [2.24, 2.45) is 23.2 Å². The molecule has 0 amide bonds. The molecule has 0 spiro atoms. The van der Waals surface area contributed by atoms with Gasteiger partial charge in [0.25, 0.3) is 0 Å². The van der Waals surface area contributed by atoms with E-state index in [1.807, 2.05) is 0 Å². The van der Waals surface area contributed by atoms with Gasteiger partial charge in [-0.2, -0.15) is 4.33 Å². The zero-order chi connectivity index (χ0) is 16.0. The molecule has 0 saturated heterocycles. The highest BCUT2D eigenvalue weighted by Crippen LogP contribution is 2.58. The largest absolute Gasteiger partial charge is 0.691 e. The molecule has 0 aromatic carbocycles. The minimum atomic E-state index is -1.01. The number of rotatable bonds is 6. The monoisotopic (exact) mass is 329 g/mol. The number of ketones is 1. The second kappa shape index (κ2) is 5.78. The molecule has 4 rings (SSSR count). The maximum Gasteiger partial charge on any atom is 0.324 e. The van der Waals surface area contributed by atoms with Gasteiger partial charge < -0.3 is 9.99 Å². The van der Waals surface area contributed by atoms with Crippen LogP contribution in [-0.2, 0) is 23.7 Å². The standard InChI is InChI=1S/C15H22O6S/c1-14(2,22-21-20-18)13(17)19-8-15-5-9-3-10(6-15)12(16)11(4-9)7-15/h9-11,18H,3-8H2,1-2H3/p-1. The third-order valence-electron chi connectivity index (χ3n) is 5.39. The Kier molecular flexibility index (Phi) is 4.26. The van der Waals surface area contributed by atoms with Gasteiger partial charge in [-0.3, -0.25) is 14.6 Å². The quantitative estimate of drug-likeness (QED) is 0.316. The summed E-state index contributed by atoms with van der Waals surface area (Å²) in [7, 11) is 0. The fraction of sp³-hybridized carbons (Fsp3) is 0.867. The van der Waals surface area contributed by atoms with Crippen LogP contribution in [0.25, 0.3) is 0 Å². The molecule has 0 aromatic rings. The summed E-state index contributed by atoms with van der Waals surface area (Å²) in [4.78, 5) is 24.3. The molecule has 4 saturated carbocycles. The molecule has 22 heavy (non-hydrogen) atoms. The third-order valence-corrected chi connectivity index (χ3v) is 6.10. The number of hydrogen-bond donors (Lipinski definition) is 0. The minimum Gasteiger partial charge on any atom is -0.691 e. The number of hydrogen-bond acceptors (Lipinski definition) is 7. The first kappa shape index (κ1) is 16.2. The lowest BCUT2D eigenvalue weighted by atomic mass is 9.49. The summed E-state index contributed by atoms with van der Waals surface area (Å²) in [6, 6.07) is 0. The first-order valence-corrected chi connectivity index (χ1v) is 8.45. The van der Waals surface area contributed by atoms with Crippen molar-refractivity contribution in [3.63, 3.8) is 0 Å². The van der Waals surface area contributed by atoms with E-state index in [2.05, 4.69) is 9.37 Å². The van der Waals surface area contributed by atoms with Gasteiger partial charge in [0.05, 0.1) is 6.61 Å². The summed E-state index contributed by atoms with van der Waals surface area (Å²) < 4.78 is 8.75. The van der Waals surface area contributed by atoms with Crippen LogP contribution in [0.5, 0.6) is 0 Å². The normalized spacial score (nSPS) is 36.7. The Bertz CT molecular complexity index is 459. The molecule has 6 nitrogen and oxygen atoms in total. The van der Waals surface area contributed by atoms with E-state index in [0.29, 0.717) is 30.4 Å². The number of carbonyl (C=O) groups is 2. The SMILES string of the molecule is CC(C)(SOO[O-])C(=O)OCC12CC3CC(C1)C(=O)C(C3)C2. The highest BCUT2D eigenvalue weighted by Gasteiger charge is 2.55. The first-order chi connectivity index (χ1) is 10.4. The lowest BCUT2D eigenvalue weighted by molar-refractivity contribution is -0.777. The van der Waals surface area contributed by atoms with Gasteiger partial charge in [-0.05, 0) is 51.9 Å². The smallest absolute Gasteiger partial charge is 0.324 e. The fourth-order valence-corrected chi connectivity index (χ4v) is 4.94. The topological polar surface area (TPSA) is 84.9 Å². The molecule has 0 radical (unpaired) electrons. The minimum absolute atomic E-state index is 0.0310. The Morgan fingerprint density at radius 3 is 2.55 bits per heavy atom. The molecule has 0 N–H and O–H groups in total. The van der Waals surface area contributed by atoms with Crippen LogP contribution in [0.2, 0.25) is 0 Å². The molecule has 7 heteroatoms. The summed E-state index contributed by atoms with van der Waals surface area (Å²) >= 11 is 0.641. The summed E-state index contributed by atoms with van der Waals surface area (Å²) in [6.45, 7) is 3.58. The third kappa shape index (κ3) is 2.91. The van der Waals surface area contributed by atoms with Crippen molar-refractivity contribution in [2.45, 2.75) is 50.7 Å². The number of carbonyl (C=O) groups excluding carboxylic acids is 2. The van der Waals surface area contributed by atoms with Crippen molar-refractivity contribution >= 4 is 23.8 Å². The van der Waals surface area contributed by atoms with Crippen molar-refractivity contribution in [3.05, 3.63) is 0 Å². The molecule has 4 aliphatic carbocycles. The number of Topliss-reactive ketones (excluding diaryl/α,β-unsaturated/α-hetero) is 1. The van der Waals surface area contributed by atoms with E-state index < -0.39 is 10.7 Å². The lowest BCUT2D eigenvalue weighted by Gasteiger charge is -2.55. The first-order valence-electron chi connectivity index (χ1n) is 7.70. The average molecular weight is 329 g/mol. The predicted molar refractivity (Wildman–Crippen MR) is 75.8 cm³/mol. The highest BCUT2D eigenvalue weighted by molar-refractivity contribution is 7.96. The van der Waals surface area contributed by atoms with Gasteiger partial charge >= 0.3 is 5.97 Å². The number of esters is 1. The average Bonchev–Trinajstić information content (AvgIpc) is 2.47. The maximum absolute atomic E-state index is 12.2. The molecular weight excluding hydrogens is 308 g/mol. The van der Waals surface area contributed by atoms with Crippen molar-refractivity contribution in [2.75, 3.05) is 6.61 Å². The van der Waals surface area contributed by atoms with Gasteiger partial charge in [-0.1, -0.05) is 0 Å². The Hall–Kier alpha value is -0.630. The predicted octanol–water partition coefficient (Wildman–Crippen LogP) is 1.58. The molecule has 0 heterocycles. The maximum atomic E-state index is 12.2. The second-order valence-electron chi connectivity index (χ2n) is 7.55. The molecular formula is C15H21O6S-. The van der Waals surface area contributed by atoms with Crippen molar-refractivity contribution in [3.8, 4) is 0 Å². The van der Waals surface area contributed by atoms with Crippen molar-refractivity contribution < 1.29 is 29.0 Å². The zero-order valence-corrected chi connectivity index (χ0v) is 13.6. The van der Waals surface area contributed by atoms with Gasteiger partial charge in [0.15, 0.2) is 0 Å². The highest BCUT2D eigenvalue weighted by atomic mass is 32.2. The zero-order valence-electron chi connectivity index (χ0n) is 12.8. The van der Waals surface area contributed by atoms with E-state index in [9.17, 15) is 14.8 Å². The molecule has 0 aromatic heterocycles. The van der Waals surface area contributed by atoms with Gasteiger partial charge in [0, 0.05) is 29.3 Å². The summed E-state index contributed by atoms with van der Waals surface area (Å²) in [5.74, 6) is 0.939. The van der Waals surface area contributed by atoms with Crippen LogP contribution in [0.3, 0.4) is 0 Å². The number of ether oxygens (including phenoxy) is 1. The summed E-state index contributed by atoms with van der Waals surface area (Å²) in [6.07, 6.45) is 4.77. The van der Waals surface area contributed by atoms with E-state index in [1.165, 1.54) is 0 Å². The van der Waals surface area contributed by atoms with Crippen LogP contribution in [0.4, 0.5) is 0 Å². The summed E-state index contributed by atoms with van der Waals surface area (Å²) in [5.41, 5.74) is -0.0310.